The molecule has 104 valence electrons. The van der Waals surface area contributed by atoms with Crippen LogP contribution in [0.4, 0.5) is 0 Å². The molecule has 0 saturated carbocycles. The van der Waals surface area contributed by atoms with Crippen molar-refractivity contribution in [1.29, 1.82) is 0 Å². The van der Waals surface area contributed by atoms with E-state index in [1.807, 2.05) is 6.20 Å². The largest absolute Gasteiger partial charge is 0.460 e. The van der Waals surface area contributed by atoms with Crippen LogP contribution in [-0.2, 0) is 9.53 Å². The van der Waals surface area contributed by atoms with Crippen LogP contribution in [0, 0.1) is 0 Å². The summed E-state index contributed by atoms with van der Waals surface area (Å²) >= 11 is 0. The first-order chi connectivity index (χ1) is 8.13. The third kappa shape index (κ3) is 6.10. The van der Waals surface area contributed by atoms with Gasteiger partial charge in [-0.25, -0.2) is 4.79 Å². The van der Waals surface area contributed by atoms with Crippen molar-refractivity contribution in [2.24, 2.45) is 0 Å². The highest BCUT2D eigenvalue weighted by Crippen LogP contribution is 2.07. The Morgan fingerprint density at radius 2 is 1.94 bits per heavy atom. The highest BCUT2D eigenvalue weighted by atomic mass is 79.9. The summed E-state index contributed by atoms with van der Waals surface area (Å²) in [5.41, 5.74) is 0.450. The maximum Gasteiger partial charge on any atom is 0.333 e. The lowest BCUT2D eigenvalue weighted by Crippen LogP contribution is -2.29. The molecule has 5 heteroatoms. The molecular formula is C13H23BrN2O2. The second kappa shape index (κ2) is 9.03. The molecule has 1 aliphatic rings. The first-order valence-corrected chi connectivity index (χ1v) is 6.12. The predicted molar refractivity (Wildman–Crippen MR) is 78.4 cm³/mol. The molecule has 18 heavy (non-hydrogen) atoms. The van der Waals surface area contributed by atoms with Crippen molar-refractivity contribution in [3.63, 3.8) is 0 Å². The van der Waals surface area contributed by atoms with E-state index in [9.17, 15) is 4.79 Å². The van der Waals surface area contributed by atoms with Gasteiger partial charge >= 0.3 is 5.97 Å². The molecule has 0 unspecified atom stereocenters. The van der Waals surface area contributed by atoms with Crippen LogP contribution in [0.15, 0.2) is 24.6 Å². The molecule has 0 amide bonds. The highest BCUT2D eigenvalue weighted by molar-refractivity contribution is 8.93. The first-order valence-electron chi connectivity index (χ1n) is 6.12. The third-order valence-electron chi connectivity index (χ3n) is 2.61. The zero-order valence-corrected chi connectivity index (χ0v) is 12.9. The van der Waals surface area contributed by atoms with E-state index in [2.05, 4.69) is 29.5 Å². The van der Waals surface area contributed by atoms with Gasteiger partial charge in [0.1, 0.15) is 6.61 Å². The molecule has 4 nitrogen and oxygen atoms in total. The van der Waals surface area contributed by atoms with E-state index >= 15 is 0 Å². The van der Waals surface area contributed by atoms with Gasteiger partial charge in [0.2, 0.25) is 0 Å². The molecule has 1 aliphatic heterocycles. The number of hydrogen-bond donors (Lipinski definition) is 0. The second-order valence-corrected chi connectivity index (χ2v) is 4.33. The molecule has 0 N–H and O–H groups in total. The zero-order valence-electron chi connectivity index (χ0n) is 11.2. The van der Waals surface area contributed by atoms with E-state index in [-0.39, 0.29) is 23.0 Å². The van der Waals surface area contributed by atoms with Gasteiger partial charge in [-0.1, -0.05) is 19.9 Å². The molecule has 0 spiro atoms. The van der Waals surface area contributed by atoms with Crippen molar-refractivity contribution < 1.29 is 9.53 Å². The number of halogens is 1. The topological polar surface area (TPSA) is 32.8 Å². The Bertz CT molecular complexity index is 305. The Morgan fingerprint density at radius 1 is 1.33 bits per heavy atom. The quantitative estimate of drug-likeness (QED) is 0.533. The molecule has 1 rings (SSSR count). The van der Waals surface area contributed by atoms with E-state index in [0.29, 0.717) is 12.2 Å². The summed E-state index contributed by atoms with van der Waals surface area (Å²) in [6, 6.07) is 0. The number of carbonyl (C=O) groups is 1. The van der Waals surface area contributed by atoms with Crippen LogP contribution in [0.2, 0.25) is 0 Å². The summed E-state index contributed by atoms with van der Waals surface area (Å²) in [4.78, 5) is 15.6. The van der Waals surface area contributed by atoms with Crippen LogP contribution in [0.1, 0.15) is 26.7 Å². The Kier molecular flexibility index (Phi) is 8.54. The lowest BCUT2D eigenvalue weighted by Gasteiger charge is -2.20. The van der Waals surface area contributed by atoms with Gasteiger partial charge < -0.3 is 14.5 Å². The van der Waals surface area contributed by atoms with Gasteiger partial charge in [0.05, 0.1) is 13.2 Å². The molecule has 0 aromatic heterocycles. The summed E-state index contributed by atoms with van der Waals surface area (Å²) in [5, 5.41) is 0. The molecule has 1 heterocycles. The van der Waals surface area contributed by atoms with Gasteiger partial charge in [-0.15, -0.1) is 17.0 Å². The molecule has 0 saturated heterocycles. The first kappa shape index (κ1) is 17.0. The Balaban J connectivity index is 0.00000289. The van der Waals surface area contributed by atoms with Crippen LogP contribution in [0.25, 0.3) is 0 Å². The molecular weight excluding hydrogens is 296 g/mol. The summed E-state index contributed by atoms with van der Waals surface area (Å²) < 4.78 is 5.05. The minimum Gasteiger partial charge on any atom is -0.460 e. The number of ether oxygens (including phenoxy) is 1. The normalized spacial score (nSPS) is 13.4. The maximum atomic E-state index is 11.2. The number of esters is 1. The summed E-state index contributed by atoms with van der Waals surface area (Å²) in [5.74, 6) is -0.309. The molecule has 0 radical (unpaired) electrons. The smallest absolute Gasteiger partial charge is 0.333 e. The van der Waals surface area contributed by atoms with Gasteiger partial charge in [0.15, 0.2) is 0 Å². The zero-order chi connectivity index (χ0) is 12.7. The molecule has 0 aromatic carbocycles. The number of hydrogen-bond acceptors (Lipinski definition) is 4. The fraction of sp³-hybridized carbons (Fsp3) is 0.615. The van der Waals surface area contributed by atoms with Crippen molar-refractivity contribution >= 4 is 23.0 Å². The lowest BCUT2D eigenvalue weighted by molar-refractivity contribution is -0.139. The van der Waals surface area contributed by atoms with Gasteiger partial charge in [-0.3, -0.25) is 0 Å². The van der Waals surface area contributed by atoms with E-state index in [0.717, 1.165) is 19.8 Å². The van der Waals surface area contributed by atoms with Gasteiger partial charge in [-0.2, -0.15) is 0 Å². The van der Waals surface area contributed by atoms with Gasteiger partial charge in [0, 0.05) is 24.5 Å². The molecule has 0 aliphatic carbocycles. The number of rotatable bonds is 7. The molecule has 0 bridgehead atoms. The van der Waals surface area contributed by atoms with E-state index in [4.69, 9.17) is 4.74 Å². The van der Waals surface area contributed by atoms with Crippen LogP contribution < -0.4 is 0 Å². The van der Waals surface area contributed by atoms with Crippen LogP contribution in [0.5, 0.6) is 0 Å². The van der Waals surface area contributed by atoms with Crippen molar-refractivity contribution in [3.05, 3.63) is 24.6 Å². The number of unbranched alkanes of at least 4 members (excludes halogenated alkanes) is 1. The van der Waals surface area contributed by atoms with Crippen LogP contribution >= 0.6 is 17.0 Å². The Hall–Kier alpha value is -0.970. The third-order valence-corrected chi connectivity index (χ3v) is 2.61. The van der Waals surface area contributed by atoms with E-state index in [1.54, 1.807) is 6.92 Å². The summed E-state index contributed by atoms with van der Waals surface area (Å²) in [6.45, 7) is 10.5. The molecule has 0 atom stereocenters. The Labute approximate surface area is 120 Å². The van der Waals surface area contributed by atoms with Crippen LogP contribution in [0.3, 0.4) is 0 Å². The van der Waals surface area contributed by atoms with Crippen molar-refractivity contribution in [1.82, 2.24) is 9.80 Å². The van der Waals surface area contributed by atoms with Crippen molar-refractivity contribution in [2.75, 3.05) is 26.4 Å². The minimum absolute atomic E-state index is 0. The van der Waals surface area contributed by atoms with E-state index in [1.165, 1.54) is 12.8 Å². The highest BCUT2D eigenvalue weighted by Gasteiger charge is 2.11. The fourth-order valence-corrected chi connectivity index (χ4v) is 1.55. The van der Waals surface area contributed by atoms with Crippen molar-refractivity contribution in [3.8, 4) is 0 Å². The maximum absolute atomic E-state index is 11.2. The summed E-state index contributed by atoms with van der Waals surface area (Å²) in [7, 11) is 0. The fourth-order valence-electron chi connectivity index (χ4n) is 1.55. The lowest BCUT2D eigenvalue weighted by atomic mass is 10.3. The van der Waals surface area contributed by atoms with E-state index < -0.39 is 0 Å². The average Bonchev–Trinajstić information content (AvgIpc) is 2.74. The number of nitrogens with zero attached hydrogens (tertiary/aromatic N) is 2. The monoisotopic (exact) mass is 318 g/mol. The number of carbonyl (C=O) groups excluding carboxylic acids is 1. The Morgan fingerprint density at radius 3 is 2.50 bits per heavy atom. The average molecular weight is 319 g/mol. The van der Waals surface area contributed by atoms with Gasteiger partial charge in [0.25, 0.3) is 0 Å². The minimum atomic E-state index is -0.309. The van der Waals surface area contributed by atoms with Crippen molar-refractivity contribution in [2.45, 2.75) is 26.7 Å². The molecule has 0 fully saturated rings. The van der Waals surface area contributed by atoms with Gasteiger partial charge in [-0.05, 0) is 13.3 Å². The van der Waals surface area contributed by atoms with Crippen LogP contribution in [-0.4, -0.2) is 42.1 Å². The molecule has 0 aromatic rings. The second-order valence-electron chi connectivity index (χ2n) is 4.33. The standard InChI is InChI=1S/C13H22N2O2.BrH/c1-4-5-6-14-7-8-15(11-14)9-10-17-13(16)12(2)3;/h7-8H,2,4-6,9-11H2,1,3H3;1H. The SMILES string of the molecule is Br.C=C(C)C(=O)OCCN1C=CN(CCCC)C1. The summed E-state index contributed by atoms with van der Waals surface area (Å²) in [6.07, 6.45) is 6.56. The predicted octanol–water partition coefficient (Wildman–Crippen LogP) is 2.53.